The number of hydrogen-bond donors (Lipinski definition) is 2. The van der Waals surface area contributed by atoms with E-state index in [-0.39, 0.29) is 16.7 Å². The van der Waals surface area contributed by atoms with Crippen LogP contribution in [0.4, 0.5) is 4.79 Å². The van der Waals surface area contributed by atoms with Crippen molar-refractivity contribution in [3.05, 3.63) is 28.3 Å². The van der Waals surface area contributed by atoms with E-state index < -0.39 is 11.9 Å². The first kappa shape index (κ1) is 19.3. The number of hydrogen-bond acceptors (Lipinski definition) is 5. The number of carbonyl (C=O) groups excluding carboxylic acids is 2. The predicted octanol–water partition coefficient (Wildman–Crippen LogP) is 2.63. The Hall–Kier alpha value is -2.72. The molecular formula is C16H18ClN3O4. The Morgan fingerprint density at radius 3 is 2.62 bits per heavy atom. The van der Waals surface area contributed by atoms with Gasteiger partial charge in [-0.3, -0.25) is 10.1 Å². The largest absolute Gasteiger partial charge is 0.490 e. The Kier molecular flexibility index (Phi) is 7.08. The van der Waals surface area contributed by atoms with Crippen molar-refractivity contribution in [2.75, 3.05) is 6.61 Å². The van der Waals surface area contributed by atoms with Gasteiger partial charge in [0.15, 0.2) is 11.5 Å². The number of amides is 3. The van der Waals surface area contributed by atoms with Crippen LogP contribution in [0.25, 0.3) is 6.08 Å². The van der Waals surface area contributed by atoms with E-state index in [0.717, 1.165) is 0 Å². The minimum atomic E-state index is -1.05. The lowest BCUT2D eigenvalue weighted by Gasteiger charge is -2.16. The Balaban J connectivity index is 3.29. The molecule has 0 spiro atoms. The number of halogens is 1. The molecule has 3 N–H and O–H groups in total. The third kappa shape index (κ3) is 5.48. The van der Waals surface area contributed by atoms with E-state index in [4.69, 9.17) is 32.1 Å². The van der Waals surface area contributed by atoms with Gasteiger partial charge < -0.3 is 15.2 Å². The van der Waals surface area contributed by atoms with Crippen molar-refractivity contribution in [3.8, 4) is 17.6 Å². The Bertz CT molecular complexity index is 708. The molecule has 0 bridgehead atoms. The van der Waals surface area contributed by atoms with Crippen LogP contribution in [-0.2, 0) is 4.79 Å². The molecule has 0 heterocycles. The summed E-state index contributed by atoms with van der Waals surface area (Å²) >= 11 is 6.21. The van der Waals surface area contributed by atoms with Gasteiger partial charge in [0.1, 0.15) is 11.6 Å². The Labute approximate surface area is 145 Å². The number of imide groups is 1. The lowest BCUT2D eigenvalue weighted by atomic mass is 10.1. The van der Waals surface area contributed by atoms with Crippen LogP contribution in [0, 0.1) is 11.3 Å². The molecule has 7 nitrogen and oxygen atoms in total. The van der Waals surface area contributed by atoms with Crippen LogP contribution in [-0.4, -0.2) is 24.6 Å². The number of nitriles is 1. The van der Waals surface area contributed by atoms with E-state index in [1.54, 1.807) is 19.1 Å². The average Bonchev–Trinajstić information content (AvgIpc) is 2.47. The second-order valence-corrected chi connectivity index (χ2v) is 5.32. The molecule has 3 amide bonds. The van der Waals surface area contributed by atoms with Crippen molar-refractivity contribution in [1.29, 1.82) is 5.26 Å². The number of benzene rings is 1. The summed E-state index contributed by atoms with van der Waals surface area (Å²) in [6.45, 7) is 5.88. The second kappa shape index (κ2) is 8.79. The van der Waals surface area contributed by atoms with Gasteiger partial charge in [-0.05, 0) is 44.5 Å². The molecule has 0 fully saturated rings. The first-order valence-corrected chi connectivity index (χ1v) is 7.51. The maximum absolute atomic E-state index is 11.7. The topological polar surface area (TPSA) is 114 Å². The van der Waals surface area contributed by atoms with Gasteiger partial charge in [-0.2, -0.15) is 5.26 Å². The summed E-state index contributed by atoms with van der Waals surface area (Å²) in [7, 11) is 0. The lowest BCUT2D eigenvalue weighted by Crippen LogP contribution is -2.35. The number of rotatable bonds is 6. The van der Waals surface area contributed by atoms with E-state index in [2.05, 4.69) is 0 Å². The molecule has 0 atom stereocenters. The van der Waals surface area contributed by atoms with Gasteiger partial charge in [0.2, 0.25) is 0 Å². The van der Waals surface area contributed by atoms with Crippen LogP contribution in [0.3, 0.4) is 0 Å². The molecule has 0 aliphatic carbocycles. The lowest BCUT2D eigenvalue weighted by molar-refractivity contribution is -0.115. The highest BCUT2D eigenvalue weighted by Crippen LogP contribution is 2.38. The van der Waals surface area contributed by atoms with E-state index in [0.29, 0.717) is 23.7 Å². The number of nitrogens with one attached hydrogen (secondary N) is 1. The summed E-state index contributed by atoms with van der Waals surface area (Å²) < 4.78 is 11.1. The first-order chi connectivity index (χ1) is 11.3. The summed E-state index contributed by atoms with van der Waals surface area (Å²) in [5, 5.41) is 11.2. The van der Waals surface area contributed by atoms with Crippen LogP contribution >= 0.6 is 11.6 Å². The van der Waals surface area contributed by atoms with E-state index in [1.807, 2.05) is 19.2 Å². The zero-order valence-electron chi connectivity index (χ0n) is 13.6. The maximum atomic E-state index is 11.7. The van der Waals surface area contributed by atoms with Gasteiger partial charge in [-0.25, -0.2) is 4.79 Å². The minimum Gasteiger partial charge on any atom is -0.490 e. The van der Waals surface area contributed by atoms with Gasteiger partial charge in [-0.1, -0.05) is 11.6 Å². The zero-order chi connectivity index (χ0) is 18.3. The SMILES string of the molecule is CCOc1cc(/C=C(/C#N)C(=O)NC(N)=O)cc(Cl)c1OC(C)C. The van der Waals surface area contributed by atoms with Gasteiger partial charge in [0.05, 0.1) is 17.7 Å². The molecule has 0 aromatic heterocycles. The third-order valence-electron chi connectivity index (χ3n) is 2.60. The zero-order valence-corrected chi connectivity index (χ0v) is 14.3. The number of urea groups is 1. The molecular weight excluding hydrogens is 334 g/mol. The monoisotopic (exact) mass is 351 g/mol. The number of primary amides is 1. The van der Waals surface area contributed by atoms with E-state index in [9.17, 15) is 9.59 Å². The molecule has 0 aliphatic rings. The average molecular weight is 352 g/mol. The fourth-order valence-corrected chi connectivity index (χ4v) is 2.04. The quantitative estimate of drug-likeness (QED) is 0.604. The molecule has 8 heteroatoms. The number of nitrogens with zero attached hydrogens (tertiary/aromatic N) is 1. The van der Waals surface area contributed by atoms with E-state index in [1.165, 1.54) is 12.1 Å². The standard InChI is InChI=1S/C16H18ClN3O4/c1-4-23-13-7-10(6-12(17)14(13)24-9(2)3)5-11(8-18)15(21)20-16(19)22/h5-7,9H,4H2,1-3H3,(H3,19,20,21,22)/b11-5-. The molecule has 1 aromatic carbocycles. The molecule has 1 rings (SSSR count). The molecule has 128 valence electrons. The van der Waals surface area contributed by atoms with Gasteiger partial charge in [-0.15, -0.1) is 0 Å². The normalized spacial score (nSPS) is 10.9. The minimum absolute atomic E-state index is 0.112. The van der Waals surface area contributed by atoms with Crippen LogP contribution in [0.15, 0.2) is 17.7 Å². The van der Waals surface area contributed by atoms with Crippen molar-refractivity contribution >= 4 is 29.6 Å². The second-order valence-electron chi connectivity index (χ2n) is 4.92. The number of ether oxygens (including phenoxy) is 2. The highest BCUT2D eigenvalue weighted by atomic mass is 35.5. The smallest absolute Gasteiger partial charge is 0.319 e. The summed E-state index contributed by atoms with van der Waals surface area (Å²) in [5.41, 5.74) is 5.01. The highest BCUT2D eigenvalue weighted by Gasteiger charge is 2.16. The summed E-state index contributed by atoms with van der Waals surface area (Å²) in [6.07, 6.45) is 1.16. The Morgan fingerprint density at radius 2 is 2.12 bits per heavy atom. The number of carbonyl (C=O) groups is 2. The van der Waals surface area contributed by atoms with E-state index >= 15 is 0 Å². The molecule has 24 heavy (non-hydrogen) atoms. The van der Waals surface area contributed by atoms with Crippen molar-refractivity contribution in [2.45, 2.75) is 26.9 Å². The van der Waals surface area contributed by atoms with Gasteiger partial charge in [0, 0.05) is 0 Å². The van der Waals surface area contributed by atoms with Crippen LogP contribution in [0.2, 0.25) is 5.02 Å². The summed E-state index contributed by atoms with van der Waals surface area (Å²) in [4.78, 5) is 22.4. The Morgan fingerprint density at radius 1 is 1.46 bits per heavy atom. The third-order valence-corrected chi connectivity index (χ3v) is 2.88. The van der Waals surface area contributed by atoms with Gasteiger partial charge in [0.25, 0.3) is 5.91 Å². The molecule has 1 aromatic rings. The maximum Gasteiger partial charge on any atom is 0.319 e. The molecule has 0 aliphatic heterocycles. The van der Waals surface area contributed by atoms with Crippen LogP contribution < -0.4 is 20.5 Å². The van der Waals surface area contributed by atoms with Crippen molar-refractivity contribution < 1.29 is 19.1 Å². The predicted molar refractivity (Wildman–Crippen MR) is 89.7 cm³/mol. The van der Waals surface area contributed by atoms with Crippen molar-refractivity contribution in [3.63, 3.8) is 0 Å². The fraction of sp³-hybridized carbons (Fsp3) is 0.312. The number of nitrogens with two attached hydrogens (primary N) is 1. The van der Waals surface area contributed by atoms with Gasteiger partial charge >= 0.3 is 6.03 Å². The fourth-order valence-electron chi connectivity index (χ4n) is 1.78. The highest BCUT2D eigenvalue weighted by molar-refractivity contribution is 6.32. The molecule has 0 radical (unpaired) electrons. The van der Waals surface area contributed by atoms with Crippen molar-refractivity contribution in [2.24, 2.45) is 5.73 Å². The molecule has 0 unspecified atom stereocenters. The molecule has 0 saturated carbocycles. The van der Waals surface area contributed by atoms with Crippen LogP contribution in [0.1, 0.15) is 26.3 Å². The first-order valence-electron chi connectivity index (χ1n) is 7.14. The van der Waals surface area contributed by atoms with Crippen molar-refractivity contribution in [1.82, 2.24) is 5.32 Å². The molecule has 0 saturated heterocycles. The van der Waals surface area contributed by atoms with Crippen LogP contribution in [0.5, 0.6) is 11.5 Å². The summed E-state index contributed by atoms with van der Waals surface area (Å²) in [6, 6.07) is 3.76. The summed E-state index contributed by atoms with van der Waals surface area (Å²) in [5.74, 6) is -0.134.